The quantitative estimate of drug-likeness (QED) is 0.328. The monoisotopic (exact) mass is 430 g/mol. The second kappa shape index (κ2) is 10.9. The van der Waals surface area contributed by atoms with Crippen molar-refractivity contribution in [2.75, 3.05) is 6.54 Å². The van der Waals surface area contributed by atoms with Crippen molar-refractivity contribution in [1.29, 1.82) is 0 Å². The Morgan fingerprint density at radius 1 is 1.27 bits per heavy atom. The van der Waals surface area contributed by atoms with E-state index in [1.54, 1.807) is 6.92 Å². The molecule has 0 aromatic heterocycles. The van der Waals surface area contributed by atoms with E-state index in [-0.39, 0.29) is 5.92 Å². The number of carboxylic acids is 1. The Morgan fingerprint density at radius 3 is 2.59 bits per heavy atom. The molecule has 0 bridgehead atoms. The smallest absolute Gasteiger partial charge is 0.306 e. The number of aliphatic carboxylic acids is 1. The van der Waals surface area contributed by atoms with Crippen molar-refractivity contribution >= 4 is 45.8 Å². The van der Waals surface area contributed by atoms with Gasteiger partial charge < -0.3 is 10.4 Å². The van der Waals surface area contributed by atoms with Crippen LogP contribution >= 0.6 is 34.8 Å². The maximum atomic E-state index is 10.7. The average Bonchev–Trinajstić information content (AvgIpc) is 2.48. The van der Waals surface area contributed by atoms with E-state index in [1.165, 1.54) is 9.13 Å². The molecule has 1 atom stereocenters. The van der Waals surface area contributed by atoms with Crippen LogP contribution < -0.4 is 5.32 Å². The van der Waals surface area contributed by atoms with Crippen LogP contribution in [0.15, 0.2) is 24.3 Å². The Bertz CT molecular complexity index is 476. The molecule has 0 saturated carbocycles. The van der Waals surface area contributed by atoms with Crippen LogP contribution in [-0.2, 0) is 11.2 Å². The number of benzene rings is 1. The number of rotatable bonds is 10. The normalized spacial score (nSPS) is 11.9. The van der Waals surface area contributed by atoms with Gasteiger partial charge in [-0.15, -0.1) is 0 Å². The predicted octanol–water partition coefficient (Wildman–Crippen LogP) is 4.42. The van der Waals surface area contributed by atoms with Crippen molar-refractivity contribution in [3.05, 3.63) is 33.4 Å². The van der Waals surface area contributed by atoms with E-state index in [2.05, 4.69) is 52.2 Å². The molecule has 122 valence electrons. The standard InChI is InChI=1S/C17H24INO2S/c1-13(17(20)21)5-2-3-12-19-16(22)7-4-6-14-8-10-15(18)11-9-14/h8-11,13H,2-7,12H2,1H3,(H,19,22)(H,20,21)/t13-/m0/s1/i18-3. The fraction of sp³-hybridized carbons (Fsp3) is 0.529. The lowest BCUT2D eigenvalue weighted by atomic mass is 10.0. The summed E-state index contributed by atoms with van der Waals surface area (Å²) in [5.41, 5.74) is 1.35. The molecular weight excluding hydrogens is 406 g/mol. The topological polar surface area (TPSA) is 49.3 Å². The lowest BCUT2D eigenvalue weighted by molar-refractivity contribution is -0.141. The maximum Gasteiger partial charge on any atom is 0.306 e. The van der Waals surface area contributed by atoms with Gasteiger partial charge in [0.1, 0.15) is 0 Å². The third kappa shape index (κ3) is 8.68. The molecule has 0 radical (unpaired) electrons. The van der Waals surface area contributed by atoms with E-state index in [0.717, 1.165) is 50.1 Å². The summed E-state index contributed by atoms with van der Waals surface area (Å²) in [5, 5.41) is 12.1. The highest BCUT2D eigenvalue weighted by atomic mass is 124. The summed E-state index contributed by atoms with van der Waals surface area (Å²) in [6.07, 6.45) is 5.64. The minimum atomic E-state index is -0.709. The fourth-order valence-corrected chi connectivity index (χ4v) is 2.73. The van der Waals surface area contributed by atoms with E-state index in [1.807, 2.05) is 0 Å². The SMILES string of the molecule is C[C@@H](CCCCNC(=S)CCCc1ccc([124I])cc1)C(=O)O. The van der Waals surface area contributed by atoms with Gasteiger partial charge >= 0.3 is 5.97 Å². The van der Waals surface area contributed by atoms with Crippen LogP contribution in [0, 0.1) is 9.49 Å². The van der Waals surface area contributed by atoms with Crippen LogP contribution in [0.2, 0.25) is 0 Å². The number of hydrogen-bond donors (Lipinski definition) is 2. The Balaban J connectivity index is 2.04. The minimum Gasteiger partial charge on any atom is -0.481 e. The van der Waals surface area contributed by atoms with Crippen LogP contribution in [-0.4, -0.2) is 22.6 Å². The molecule has 2 N–H and O–H groups in total. The minimum absolute atomic E-state index is 0.249. The first-order valence-corrected chi connectivity index (χ1v) is 9.21. The third-order valence-corrected chi connectivity index (χ3v) is 4.66. The van der Waals surface area contributed by atoms with E-state index in [0.29, 0.717) is 0 Å². The summed E-state index contributed by atoms with van der Waals surface area (Å²) in [6, 6.07) is 8.60. The number of nitrogens with one attached hydrogen (secondary N) is 1. The Kier molecular flexibility index (Phi) is 9.63. The molecule has 0 aliphatic rings. The number of carboxylic acid groups (broad SMARTS) is 1. The Labute approximate surface area is 152 Å². The van der Waals surface area contributed by atoms with Gasteiger partial charge in [-0.25, -0.2) is 0 Å². The second-order valence-corrected chi connectivity index (χ2v) is 7.30. The van der Waals surface area contributed by atoms with Crippen LogP contribution in [0.1, 0.15) is 44.6 Å². The number of carbonyl (C=O) groups is 1. The lowest BCUT2D eigenvalue weighted by Gasteiger charge is -2.09. The van der Waals surface area contributed by atoms with Gasteiger partial charge in [0.15, 0.2) is 0 Å². The van der Waals surface area contributed by atoms with Crippen molar-refractivity contribution < 1.29 is 9.90 Å². The highest BCUT2D eigenvalue weighted by molar-refractivity contribution is 14.1. The van der Waals surface area contributed by atoms with Crippen LogP contribution in [0.5, 0.6) is 0 Å². The van der Waals surface area contributed by atoms with Crippen molar-refractivity contribution in [3.63, 3.8) is 0 Å². The number of halogens is 1. The molecule has 22 heavy (non-hydrogen) atoms. The molecule has 0 spiro atoms. The van der Waals surface area contributed by atoms with Gasteiger partial charge in [0.05, 0.1) is 10.9 Å². The van der Waals surface area contributed by atoms with Crippen LogP contribution in [0.3, 0.4) is 0 Å². The molecule has 1 aromatic rings. The molecule has 1 aromatic carbocycles. The number of unbranched alkanes of at least 4 members (excludes halogenated alkanes) is 1. The van der Waals surface area contributed by atoms with Gasteiger partial charge in [0.2, 0.25) is 0 Å². The molecule has 0 aliphatic heterocycles. The molecule has 0 heterocycles. The van der Waals surface area contributed by atoms with E-state index in [4.69, 9.17) is 17.3 Å². The molecule has 0 fully saturated rings. The molecule has 3 nitrogen and oxygen atoms in total. The van der Waals surface area contributed by atoms with Crippen molar-refractivity contribution in [2.24, 2.45) is 5.92 Å². The zero-order valence-electron chi connectivity index (χ0n) is 13.0. The molecule has 1 rings (SSSR count). The Hall–Kier alpha value is -0.690. The van der Waals surface area contributed by atoms with Crippen LogP contribution in [0.4, 0.5) is 0 Å². The summed E-state index contributed by atoms with van der Waals surface area (Å²) in [4.78, 5) is 11.6. The zero-order valence-corrected chi connectivity index (χ0v) is 16.0. The summed E-state index contributed by atoms with van der Waals surface area (Å²) in [7, 11) is 0. The number of hydrogen-bond acceptors (Lipinski definition) is 2. The second-order valence-electron chi connectivity index (χ2n) is 5.57. The van der Waals surface area contributed by atoms with Crippen molar-refractivity contribution in [2.45, 2.75) is 45.4 Å². The molecule has 0 unspecified atom stereocenters. The lowest BCUT2D eigenvalue weighted by Crippen LogP contribution is -2.22. The van der Waals surface area contributed by atoms with Gasteiger partial charge in [0.25, 0.3) is 0 Å². The van der Waals surface area contributed by atoms with Crippen molar-refractivity contribution in [3.8, 4) is 0 Å². The molecule has 0 aliphatic carbocycles. The third-order valence-electron chi connectivity index (χ3n) is 3.59. The molecular formula is C17H24INO2S. The van der Waals surface area contributed by atoms with E-state index < -0.39 is 5.97 Å². The average molecular weight is 430 g/mol. The summed E-state index contributed by atoms with van der Waals surface area (Å²) in [5.74, 6) is -0.958. The van der Waals surface area contributed by atoms with Gasteiger partial charge in [-0.2, -0.15) is 0 Å². The molecule has 0 amide bonds. The Morgan fingerprint density at radius 2 is 1.95 bits per heavy atom. The highest BCUT2D eigenvalue weighted by Gasteiger charge is 2.09. The summed E-state index contributed by atoms with van der Waals surface area (Å²) >= 11 is 7.64. The van der Waals surface area contributed by atoms with Crippen LogP contribution in [0.25, 0.3) is 0 Å². The van der Waals surface area contributed by atoms with Gasteiger partial charge in [-0.05, 0) is 72.4 Å². The first-order valence-electron chi connectivity index (χ1n) is 7.73. The predicted molar refractivity (Wildman–Crippen MR) is 103 cm³/mol. The number of aryl methyl sites for hydroxylation is 1. The van der Waals surface area contributed by atoms with Gasteiger partial charge in [-0.1, -0.05) is 37.7 Å². The summed E-state index contributed by atoms with van der Waals surface area (Å²) in [6.45, 7) is 2.60. The molecule has 0 saturated heterocycles. The first-order chi connectivity index (χ1) is 10.5. The fourth-order valence-electron chi connectivity index (χ4n) is 2.12. The van der Waals surface area contributed by atoms with Gasteiger partial charge in [-0.3, -0.25) is 4.79 Å². The van der Waals surface area contributed by atoms with Crippen molar-refractivity contribution in [1.82, 2.24) is 5.32 Å². The van der Waals surface area contributed by atoms with Gasteiger partial charge in [0, 0.05) is 10.1 Å². The zero-order chi connectivity index (χ0) is 16.4. The molecule has 5 heteroatoms. The largest absolute Gasteiger partial charge is 0.481 e. The first kappa shape index (κ1) is 19.4. The van der Waals surface area contributed by atoms with E-state index >= 15 is 0 Å². The van der Waals surface area contributed by atoms with E-state index in [9.17, 15) is 4.79 Å². The summed E-state index contributed by atoms with van der Waals surface area (Å²) < 4.78 is 1.26. The maximum absolute atomic E-state index is 10.7. The highest BCUT2D eigenvalue weighted by Crippen LogP contribution is 2.10. The number of thiocarbonyl (C=S) groups is 1.